The molecule has 0 bridgehead atoms. The number of fused-ring (bicyclic) bond motifs is 1. The number of carbonyl (C=O) groups excluding carboxylic acids is 2. The van der Waals surface area contributed by atoms with Crippen molar-refractivity contribution in [2.24, 2.45) is 0 Å². The van der Waals surface area contributed by atoms with Gasteiger partial charge in [-0.3, -0.25) is 14.9 Å². The Morgan fingerprint density at radius 2 is 2.27 bits per heavy atom. The Balaban J connectivity index is 1.79. The van der Waals surface area contributed by atoms with E-state index in [-0.39, 0.29) is 5.24 Å². The lowest BCUT2D eigenvalue weighted by Gasteiger charge is -2.07. The van der Waals surface area contributed by atoms with Crippen LogP contribution in [0.3, 0.4) is 0 Å². The van der Waals surface area contributed by atoms with E-state index in [4.69, 9.17) is 11.6 Å². The van der Waals surface area contributed by atoms with Crippen molar-refractivity contribution in [3.63, 3.8) is 0 Å². The summed E-state index contributed by atoms with van der Waals surface area (Å²) in [5, 5.41) is 9.81. The standard InChI is InChI=1S/C13H10ClN5O2S/c14-9-4-10(16-7-1-2-7)19-11(17-9)6(5-15-19)3-8-12(20)18-13(21)22-8/h3-5,7,16H,1-2H2,(H,18,20,21)/b8-3+. The summed E-state index contributed by atoms with van der Waals surface area (Å²) in [6, 6.07) is 2.17. The molecule has 3 heterocycles. The number of hydrogen-bond donors (Lipinski definition) is 2. The van der Waals surface area contributed by atoms with Crippen LogP contribution >= 0.6 is 23.4 Å². The second-order valence-corrected chi connectivity index (χ2v) is 6.47. The minimum atomic E-state index is -0.410. The number of halogens is 1. The topological polar surface area (TPSA) is 88.4 Å². The molecule has 2 aromatic rings. The average molecular weight is 336 g/mol. The maximum absolute atomic E-state index is 11.6. The summed E-state index contributed by atoms with van der Waals surface area (Å²) >= 11 is 6.93. The Labute approximate surface area is 134 Å². The molecule has 1 aliphatic carbocycles. The molecule has 0 radical (unpaired) electrons. The smallest absolute Gasteiger partial charge is 0.290 e. The van der Waals surface area contributed by atoms with Crippen molar-refractivity contribution >= 4 is 52.1 Å². The van der Waals surface area contributed by atoms with Crippen molar-refractivity contribution in [1.29, 1.82) is 0 Å². The third kappa shape index (κ3) is 2.44. The third-order valence-corrected chi connectivity index (χ3v) is 4.33. The highest BCUT2D eigenvalue weighted by molar-refractivity contribution is 8.18. The van der Waals surface area contributed by atoms with Crippen LogP contribution in [0.2, 0.25) is 5.15 Å². The van der Waals surface area contributed by atoms with E-state index in [0.29, 0.717) is 27.3 Å². The monoisotopic (exact) mass is 335 g/mol. The molecular weight excluding hydrogens is 326 g/mol. The fourth-order valence-corrected chi connectivity index (χ4v) is 3.01. The summed E-state index contributed by atoms with van der Waals surface area (Å²) in [4.78, 5) is 27.4. The number of carbonyl (C=O) groups is 2. The molecule has 112 valence electrons. The van der Waals surface area contributed by atoms with Gasteiger partial charge in [0.05, 0.1) is 11.1 Å². The van der Waals surface area contributed by atoms with Crippen molar-refractivity contribution in [2.75, 3.05) is 5.32 Å². The quantitative estimate of drug-likeness (QED) is 0.661. The van der Waals surface area contributed by atoms with Crippen LogP contribution in [-0.4, -0.2) is 31.8 Å². The zero-order valence-corrected chi connectivity index (χ0v) is 12.7. The third-order valence-electron chi connectivity index (χ3n) is 3.33. The maximum Gasteiger partial charge on any atom is 0.290 e. The molecule has 22 heavy (non-hydrogen) atoms. The summed E-state index contributed by atoms with van der Waals surface area (Å²) in [6.45, 7) is 0. The van der Waals surface area contributed by atoms with Crippen molar-refractivity contribution in [1.82, 2.24) is 19.9 Å². The molecule has 0 spiro atoms. The van der Waals surface area contributed by atoms with Gasteiger partial charge in [0.2, 0.25) is 0 Å². The van der Waals surface area contributed by atoms with Gasteiger partial charge in [-0.2, -0.15) is 9.61 Å². The molecule has 2 aliphatic rings. The molecule has 0 atom stereocenters. The molecule has 2 N–H and O–H groups in total. The number of rotatable bonds is 3. The van der Waals surface area contributed by atoms with E-state index in [1.165, 1.54) is 0 Å². The second kappa shape index (κ2) is 4.99. The van der Waals surface area contributed by atoms with Crippen LogP contribution in [0.15, 0.2) is 17.2 Å². The number of thioether (sulfide) groups is 1. The first kappa shape index (κ1) is 13.6. The molecule has 0 aromatic carbocycles. The molecule has 2 amide bonds. The fourth-order valence-electron chi connectivity index (χ4n) is 2.15. The molecule has 4 rings (SSSR count). The summed E-state index contributed by atoms with van der Waals surface area (Å²) in [5.41, 5.74) is 1.17. The van der Waals surface area contributed by atoms with Gasteiger partial charge < -0.3 is 5.32 Å². The number of amides is 2. The van der Waals surface area contributed by atoms with Gasteiger partial charge in [-0.25, -0.2) is 4.98 Å². The van der Waals surface area contributed by atoms with Gasteiger partial charge in [0.15, 0.2) is 5.65 Å². The van der Waals surface area contributed by atoms with Gasteiger partial charge >= 0.3 is 0 Å². The predicted molar refractivity (Wildman–Crippen MR) is 83.7 cm³/mol. The highest BCUT2D eigenvalue weighted by Crippen LogP contribution is 2.29. The van der Waals surface area contributed by atoms with Crippen molar-refractivity contribution in [3.05, 3.63) is 27.9 Å². The minimum Gasteiger partial charge on any atom is -0.367 e. The van der Waals surface area contributed by atoms with E-state index in [1.54, 1.807) is 22.9 Å². The average Bonchev–Trinajstić information content (AvgIpc) is 3.09. The SMILES string of the molecule is O=C1NC(=O)/C(=C\c2cnn3c(NC4CC4)cc(Cl)nc23)S1. The zero-order chi connectivity index (χ0) is 15.3. The molecule has 1 saturated carbocycles. The normalized spacial score (nSPS) is 20.0. The molecule has 2 fully saturated rings. The summed E-state index contributed by atoms with van der Waals surface area (Å²) in [7, 11) is 0. The summed E-state index contributed by atoms with van der Waals surface area (Å²) < 4.78 is 1.65. The molecule has 2 aromatic heterocycles. The molecule has 9 heteroatoms. The van der Waals surface area contributed by atoms with Gasteiger partial charge in [-0.05, 0) is 30.7 Å². The lowest BCUT2D eigenvalue weighted by atomic mass is 10.3. The lowest BCUT2D eigenvalue weighted by molar-refractivity contribution is -0.115. The van der Waals surface area contributed by atoms with Gasteiger partial charge in [0.25, 0.3) is 11.1 Å². The first-order valence-corrected chi connectivity index (χ1v) is 7.85. The van der Waals surface area contributed by atoms with Crippen LogP contribution in [0.5, 0.6) is 0 Å². The molecular formula is C13H10ClN5O2S. The van der Waals surface area contributed by atoms with Gasteiger partial charge in [0, 0.05) is 17.7 Å². The van der Waals surface area contributed by atoms with Crippen molar-refractivity contribution in [2.45, 2.75) is 18.9 Å². The van der Waals surface area contributed by atoms with E-state index in [9.17, 15) is 9.59 Å². The number of hydrogen-bond acceptors (Lipinski definition) is 6. The van der Waals surface area contributed by atoms with Gasteiger partial charge in [0.1, 0.15) is 11.0 Å². The van der Waals surface area contributed by atoms with Crippen LogP contribution in [0.4, 0.5) is 10.6 Å². The summed E-state index contributed by atoms with van der Waals surface area (Å²) in [6.07, 6.45) is 5.44. The Bertz CT molecular complexity index is 842. The Hall–Kier alpha value is -2.06. The highest BCUT2D eigenvalue weighted by Gasteiger charge is 2.26. The van der Waals surface area contributed by atoms with E-state index in [1.807, 2.05) is 0 Å². The van der Waals surface area contributed by atoms with E-state index in [2.05, 4.69) is 20.7 Å². The zero-order valence-electron chi connectivity index (χ0n) is 11.2. The fraction of sp³-hybridized carbons (Fsp3) is 0.231. The molecule has 1 saturated heterocycles. The first-order chi connectivity index (χ1) is 10.6. The van der Waals surface area contributed by atoms with E-state index < -0.39 is 5.91 Å². The largest absolute Gasteiger partial charge is 0.367 e. The maximum atomic E-state index is 11.6. The summed E-state index contributed by atoms with van der Waals surface area (Å²) in [5.74, 6) is 0.356. The van der Waals surface area contributed by atoms with Crippen molar-refractivity contribution in [3.8, 4) is 0 Å². The minimum absolute atomic E-state index is 0.318. The van der Waals surface area contributed by atoms with E-state index >= 15 is 0 Å². The Morgan fingerprint density at radius 3 is 2.95 bits per heavy atom. The number of nitrogens with zero attached hydrogens (tertiary/aromatic N) is 3. The lowest BCUT2D eigenvalue weighted by Crippen LogP contribution is -2.17. The molecule has 7 nitrogen and oxygen atoms in total. The van der Waals surface area contributed by atoms with Crippen molar-refractivity contribution < 1.29 is 9.59 Å². The highest BCUT2D eigenvalue weighted by atomic mass is 35.5. The molecule has 0 unspecified atom stereocenters. The van der Waals surface area contributed by atoms with Gasteiger partial charge in [-0.15, -0.1) is 0 Å². The van der Waals surface area contributed by atoms with Crippen LogP contribution in [0.25, 0.3) is 11.7 Å². The van der Waals surface area contributed by atoms with Gasteiger partial charge in [-0.1, -0.05) is 11.6 Å². The number of nitrogens with one attached hydrogen (secondary N) is 2. The first-order valence-electron chi connectivity index (χ1n) is 6.66. The number of aromatic nitrogens is 3. The van der Waals surface area contributed by atoms with Crippen LogP contribution in [0, 0.1) is 0 Å². The van der Waals surface area contributed by atoms with Crippen LogP contribution in [-0.2, 0) is 4.79 Å². The van der Waals surface area contributed by atoms with Crippen LogP contribution in [0.1, 0.15) is 18.4 Å². The molecule has 1 aliphatic heterocycles. The second-order valence-electron chi connectivity index (χ2n) is 5.07. The number of anilines is 1. The Morgan fingerprint density at radius 1 is 1.45 bits per heavy atom. The number of imide groups is 1. The van der Waals surface area contributed by atoms with E-state index in [0.717, 1.165) is 30.4 Å². The predicted octanol–water partition coefficient (Wildman–Crippen LogP) is 2.28. The Kier molecular flexibility index (Phi) is 3.08. The van der Waals surface area contributed by atoms with Crippen LogP contribution < -0.4 is 10.6 Å².